The Morgan fingerprint density at radius 3 is 2.17 bits per heavy atom. The van der Waals surface area contributed by atoms with Gasteiger partial charge in [0.05, 0.1) is 6.04 Å². The van der Waals surface area contributed by atoms with Crippen LogP contribution in [-0.4, -0.2) is 19.3 Å². The second-order valence-electron chi connectivity index (χ2n) is 6.91. The van der Waals surface area contributed by atoms with Gasteiger partial charge in [-0.15, -0.1) is 0 Å². The van der Waals surface area contributed by atoms with Gasteiger partial charge < -0.3 is 19.5 Å². The molecular weight excluding hydrogens is 366 g/mol. The highest BCUT2D eigenvalue weighted by Gasteiger charge is 2.19. The van der Waals surface area contributed by atoms with Crippen LogP contribution in [0.15, 0.2) is 78.9 Å². The number of carbonyl (C=O) groups is 1. The summed E-state index contributed by atoms with van der Waals surface area (Å²) in [5.74, 6) is 1.25. The smallest absolute Gasteiger partial charge is 0.246 e. The van der Waals surface area contributed by atoms with E-state index in [1.165, 1.54) is 0 Å². The Morgan fingerprint density at radius 2 is 1.52 bits per heavy atom. The van der Waals surface area contributed by atoms with Crippen molar-refractivity contribution in [1.29, 1.82) is 0 Å². The van der Waals surface area contributed by atoms with Crippen LogP contribution in [0.3, 0.4) is 0 Å². The van der Waals surface area contributed by atoms with Crippen LogP contribution in [0.4, 0.5) is 0 Å². The van der Waals surface area contributed by atoms with Gasteiger partial charge in [-0.1, -0.05) is 66.7 Å². The Balaban J connectivity index is 1.40. The molecule has 1 aliphatic rings. The zero-order chi connectivity index (χ0) is 20.1. The molecule has 1 amide bonds. The standard InChI is InChI=1S/C24H23NO4/c1-17(20-12-13-21-22(14-20)29-16-28-21)25-23(26)15-27-24(18-8-4-2-5-9-18)19-10-6-3-7-11-19/h2-14,17,24H,15-16H2,1H3,(H,25,26)/t17-/m0/s1. The van der Waals surface area contributed by atoms with Crippen LogP contribution in [0, 0.1) is 0 Å². The first-order valence-corrected chi connectivity index (χ1v) is 9.61. The maximum absolute atomic E-state index is 12.5. The summed E-state index contributed by atoms with van der Waals surface area (Å²) in [5.41, 5.74) is 2.97. The molecule has 1 N–H and O–H groups in total. The number of ether oxygens (including phenoxy) is 3. The van der Waals surface area contributed by atoms with Gasteiger partial charge in [0.2, 0.25) is 12.7 Å². The normalized spacial score (nSPS) is 13.3. The molecule has 0 aliphatic carbocycles. The minimum absolute atomic E-state index is 0.0383. The molecule has 5 heteroatoms. The van der Waals surface area contributed by atoms with Gasteiger partial charge in [0.15, 0.2) is 11.5 Å². The molecule has 0 spiro atoms. The van der Waals surface area contributed by atoms with E-state index in [2.05, 4.69) is 5.32 Å². The van der Waals surface area contributed by atoms with Gasteiger partial charge in [-0.05, 0) is 35.7 Å². The van der Waals surface area contributed by atoms with Crippen LogP contribution in [0.5, 0.6) is 11.5 Å². The maximum atomic E-state index is 12.5. The Morgan fingerprint density at radius 1 is 0.897 bits per heavy atom. The summed E-state index contributed by atoms with van der Waals surface area (Å²) in [6.07, 6.45) is -0.302. The quantitative estimate of drug-likeness (QED) is 0.651. The SMILES string of the molecule is C[C@H](NC(=O)COC(c1ccccc1)c1ccccc1)c1ccc2c(c1)OCO2. The maximum Gasteiger partial charge on any atom is 0.246 e. The highest BCUT2D eigenvalue weighted by molar-refractivity contribution is 5.77. The summed E-state index contributed by atoms with van der Waals surface area (Å²) < 4.78 is 16.8. The van der Waals surface area contributed by atoms with E-state index in [9.17, 15) is 4.79 Å². The minimum Gasteiger partial charge on any atom is -0.454 e. The molecule has 0 saturated heterocycles. The Bertz CT molecular complexity index is 920. The van der Waals surface area contributed by atoms with Crippen molar-refractivity contribution >= 4 is 5.91 Å². The summed E-state index contributed by atoms with van der Waals surface area (Å²) >= 11 is 0. The van der Waals surface area contributed by atoms with E-state index in [4.69, 9.17) is 14.2 Å². The minimum atomic E-state index is -0.302. The van der Waals surface area contributed by atoms with Crippen LogP contribution in [0.1, 0.15) is 35.8 Å². The lowest BCUT2D eigenvalue weighted by atomic mass is 10.0. The third-order valence-electron chi connectivity index (χ3n) is 4.86. The molecule has 0 fully saturated rings. The van der Waals surface area contributed by atoms with Crippen LogP contribution in [-0.2, 0) is 9.53 Å². The summed E-state index contributed by atoms with van der Waals surface area (Å²) in [5, 5.41) is 2.99. The number of amides is 1. The lowest BCUT2D eigenvalue weighted by Crippen LogP contribution is -2.30. The van der Waals surface area contributed by atoms with Gasteiger partial charge in [-0.3, -0.25) is 4.79 Å². The molecule has 3 aromatic carbocycles. The average Bonchev–Trinajstić information content (AvgIpc) is 3.23. The fourth-order valence-electron chi connectivity index (χ4n) is 3.35. The van der Waals surface area contributed by atoms with Crippen LogP contribution in [0.25, 0.3) is 0 Å². The molecule has 148 valence electrons. The predicted octanol–water partition coefficient (Wildman–Crippen LogP) is 4.40. The summed E-state index contributed by atoms with van der Waals surface area (Å²) in [6.45, 7) is 2.12. The largest absolute Gasteiger partial charge is 0.454 e. The number of nitrogens with one attached hydrogen (secondary N) is 1. The van der Waals surface area contributed by atoms with Gasteiger partial charge in [0.1, 0.15) is 12.7 Å². The zero-order valence-electron chi connectivity index (χ0n) is 16.2. The number of carbonyl (C=O) groups excluding carboxylic acids is 1. The van der Waals surface area contributed by atoms with Crippen molar-refractivity contribution < 1.29 is 19.0 Å². The molecule has 0 radical (unpaired) electrons. The number of rotatable bonds is 7. The van der Waals surface area contributed by atoms with Crippen molar-refractivity contribution in [2.45, 2.75) is 19.1 Å². The van der Waals surface area contributed by atoms with Crippen molar-refractivity contribution in [3.05, 3.63) is 95.6 Å². The van der Waals surface area contributed by atoms with E-state index in [1.807, 2.05) is 85.8 Å². The first-order chi connectivity index (χ1) is 14.2. The summed E-state index contributed by atoms with van der Waals surface area (Å²) in [6, 6.07) is 25.3. The van der Waals surface area contributed by atoms with E-state index in [0.717, 1.165) is 22.4 Å². The molecule has 0 aromatic heterocycles. The highest BCUT2D eigenvalue weighted by Crippen LogP contribution is 2.34. The monoisotopic (exact) mass is 389 g/mol. The van der Waals surface area contributed by atoms with E-state index < -0.39 is 0 Å². The molecule has 0 saturated carbocycles. The number of fused-ring (bicyclic) bond motifs is 1. The van der Waals surface area contributed by atoms with Gasteiger partial charge in [0, 0.05) is 0 Å². The molecule has 5 nitrogen and oxygen atoms in total. The molecule has 0 bridgehead atoms. The van der Waals surface area contributed by atoms with Crippen LogP contribution < -0.4 is 14.8 Å². The Kier molecular flexibility index (Phi) is 5.77. The molecular formula is C24H23NO4. The third-order valence-corrected chi connectivity index (χ3v) is 4.86. The van der Waals surface area contributed by atoms with Crippen molar-refractivity contribution in [1.82, 2.24) is 5.32 Å². The number of benzene rings is 3. The second-order valence-corrected chi connectivity index (χ2v) is 6.91. The van der Waals surface area contributed by atoms with E-state index in [-0.39, 0.29) is 31.5 Å². The van der Waals surface area contributed by atoms with Crippen molar-refractivity contribution in [3.63, 3.8) is 0 Å². The molecule has 1 heterocycles. The van der Waals surface area contributed by atoms with Crippen molar-refractivity contribution in [2.75, 3.05) is 13.4 Å². The van der Waals surface area contributed by atoms with Crippen LogP contribution in [0.2, 0.25) is 0 Å². The number of hydrogen-bond acceptors (Lipinski definition) is 4. The lowest BCUT2D eigenvalue weighted by molar-refractivity contribution is -0.127. The third kappa shape index (κ3) is 4.58. The second kappa shape index (κ2) is 8.80. The summed E-state index contributed by atoms with van der Waals surface area (Å²) in [7, 11) is 0. The average molecular weight is 389 g/mol. The first kappa shape index (κ1) is 19.0. The Labute approximate surface area is 170 Å². The zero-order valence-corrected chi connectivity index (χ0v) is 16.2. The fourth-order valence-corrected chi connectivity index (χ4v) is 3.35. The van der Waals surface area contributed by atoms with E-state index in [1.54, 1.807) is 0 Å². The van der Waals surface area contributed by atoms with E-state index >= 15 is 0 Å². The number of hydrogen-bond donors (Lipinski definition) is 1. The van der Waals surface area contributed by atoms with Gasteiger partial charge >= 0.3 is 0 Å². The van der Waals surface area contributed by atoms with Crippen LogP contribution >= 0.6 is 0 Å². The van der Waals surface area contributed by atoms with Gasteiger partial charge in [0.25, 0.3) is 0 Å². The molecule has 1 atom stereocenters. The van der Waals surface area contributed by atoms with Gasteiger partial charge in [-0.2, -0.15) is 0 Å². The first-order valence-electron chi connectivity index (χ1n) is 9.61. The summed E-state index contributed by atoms with van der Waals surface area (Å²) in [4.78, 5) is 12.5. The Hall–Kier alpha value is -3.31. The topological polar surface area (TPSA) is 56.8 Å². The molecule has 3 aromatic rings. The molecule has 4 rings (SSSR count). The van der Waals surface area contributed by atoms with E-state index in [0.29, 0.717) is 5.75 Å². The molecule has 29 heavy (non-hydrogen) atoms. The highest BCUT2D eigenvalue weighted by atomic mass is 16.7. The molecule has 0 unspecified atom stereocenters. The fraction of sp³-hybridized carbons (Fsp3) is 0.208. The van der Waals surface area contributed by atoms with Crippen molar-refractivity contribution in [2.24, 2.45) is 0 Å². The van der Waals surface area contributed by atoms with Gasteiger partial charge in [-0.25, -0.2) is 0 Å². The lowest BCUT2D eigenvalue weighted by Gasteiger charge is -2.20. The predicted molar refractivity (Wildman–Crippen MR) is 110 cm³/mol. The molecule has 1 aliphatic heterocycles. The van der Waals surface area contributed by atoms with Crippen molar-refractivity contribution in [3.8, 4) is 11.5 Å².